The third-order valence-corrected chi connectivity index (χ3v) is 1.92. The minimum Gasteiger partial charge on any atom is -1.00 e. The van der Waals surface area contributed by atoms with Crippen LogP contribution in [0.15, 0.2) is 24.8 Å². The van der Waals surface area contributed by atoms with Gasteiger partial charge >= 0.3 is 23.1 Å². The van der Waals surface area contributed by atoms with E-state index in [0.717, 1.165) is 5.82 Å². The first kappa shape index (κ1) is 28.4. The Balaban J connectivity index is -0.000000107. The van der Waals surface area contributed by atoms with E-state index in [-0.39, 0.29) is 60.2 Å². The number of nitrogens with zero attached hydrogens (tertiary/aromatic N) is 4. The molecule has 0 aliphatic rings. The van der Waals surface area contributed by atoms with Gasteiger partial charge in [0.2, 0.25) is 5.28 Å². The predicted octanol–water partition coefficient (Wildman–Crippen LogP) is 0.931. The van der Waals surface area contributed by atoms with Crippen molar-refractivity contribution in [3.05, 3.63) is 53.4 Å². The summed E-state index contributed by atoms with van der Waals surface area (Å²) < 4.78 is 0. The van der Waals surface area contributed by atoms with E-state index in [1.165, 1.54) is 12.4 Å². The second kappa shape index (κ2) is 15.7. The van der Waals surface area contributed by atoms with Crippen LogP contribution >= 0.6 is 34.8 Å². The van der Waals surface area contributed by atoms with Gasteiger partial charge in [-0.2, -0.15) is 0 Å². The van der Waals surface area contributed by atoms with Crippen molar-refractivity contribution in [3.8, 4) is 0 Å². The van der Waals surface area contributed by atoms with Crippen LogP contribution in [0.5, 0.6) is 0 Å². The van der Waals surface area contributed by atoms with E-state index in [9.17, 15) is 0 Å². The molecular formula is C11H14BrCl3MgN4. The Bertz CT molecular complexity index is 357. The molecule has 0 saturated carbocycles. The van der Waals surface area contributed by atoms with Crippen molar-refractivity contribution in [2.24, 2.45) is 0 Å². The van der Waals surface area contributed by atoms with Crippen LogP contribution in [0.25, 0.3) is 0 Å². The molecule has 0 unspecified atom stereocenters. The summed E-state index contributed by atoms with van der Waals surface area (Å²) in [6, 6.07) is 0. The molecule has 0 saturated heterocycles. The molecule has 0 atom stereocenters. The van der Waals surface area contributed by atoms with Crippen LogP contribution in [0, 0.1) is 14.4 Å². The van der Waals surface area contributed by atoms with Crippen LogP contribution in [-0.2, 0) is 0 Å². The number of rotatable bonds is 0. The van der Waals surface area contributed by atoms with Crippen molar-refractivity contribution < 1.29 is 17.0 Å². The molecule has 9 heteroatoms. The topological polar surface area (TPSA) is 51.6 Å². The molecular weight excluding hydrogens is 399 g/mol. The molecule has 0 fully saturated rings. The van der Waals surface area contributed by atoms with Crippen molar-refractivity contribution in [1.29, 1.82) is 0 Å². The van der Waals surface area contributed by atoms with Crippen LogP contribution in [0.1, 0.15) is 13.3 Å². The minimum absolute atomic E-state index is 0. The van der Waals surface area contributed by atoms with E-state index in [1.807, 2.05) is 6.92 Å². The number of halogens is 4. The van der Waals surface area contributed by atoms with Crippen LogP contribution in [-0.4, -0.2) is 43.0 Å². The van der Waals surface area contributed by atoms with Crippen LogP contribution in [0.3, 0.4) is 0 Å². The van der Waals surface area contributed by atoms with E-state index < -0.39 is 0 Å². The molecule has 2 aromatic heterocycles. The Hall–Kier alpha value is 0.276. The van der Waals surface area contributed by atoms with Gasteiger partial charge < -0.3 is 24.4 Å². The average molecular weight is 413 g/mol. The summed E-state index contributed by atoms with van der Waals surface area (Å²) in [5.74, 6) is 0.745. The third-order valence-electron chi connectivity index (χ3n) is 1.34. The SMILES string of the molecule is C.Cc1ncc(Cl)cn1.Clc1cnc(Cl)nc1.[Br-].[CH3-].[Mg+2]. The smallest absolute Gasteiger partial charge is 1.00 e. The Morgan fingerprint density at radius 3 is 1.35 bits per heavy atom. The molecule has 0 aliphatic heterocycles. The zero-order valence-electron chi connectivity index (χ0n) is 10.3. The largest absolute Gasteiger partial charge is 2.00 e. The van der Waals surface area contributed by atoms with E-state index in [1.54, 1.807) is 12.4 Å². The first-order chi connectivity index (χ1) is 7.58. The summed E-state index contributed by atoms with van der Waals surface area (Å²) in [4.78, 5) is 14.9. The number of hydrogen-bond acceptors (Lipinski definition) is 4. The monoisotopic (exact) mass is 410 g/mol. The molecule has 4 nitrogen and oxygen atoms in total. The molecule has 20 heavy (non-hydrogen) atoms. The second-order valence-corrected chi connectivity index (χ2v) is 3.83. The molecule has 2 heterocycles. The summed E-state index contributed by atoms with van der Waals surface area (Å²) in [7, 11) is 0. The number of aryl methyl sites for hydroxylation is 1. The number of aromatic nitrogens is 4. The Kier molecular flexibility index (Phi) is 22.3. The van der Waals surface area contributed by atoms with Crippen molar-refractivity contribution in [1.82, 2.24) is 19.9 Å². The first-order valence-electron chi connectivity index (χ1n) is 4.15. The normalized spacial score (nSPS) is 7.40. The van der Waals surface area contributed by atoms with Gasteiger partial charge in [-0.15, -0.1) is 0 Å². The maximum absolute atomic E-state index is 5.49. The van der Waals surface area contributed by atoms with Crippen LogP contribution in [0.2, 0.25) is 15.3 Å². The first-order valence-corrected chi connectivity index (χ1v) is 5.28. The van der Waals surface area contributed by atoms with Gasteiger partial charge in [-0.3, -0.25) is 0 Å². The fourth-order valence-corrected chi connectivity index (χ4v) is 0.966. The molecule has 108 valence electrons. The standard InChI is InChI=1S/C5H5ClN2.C4H2Cl2N2.CH4.CH3.BrH.Mg/c1-4-7-2-5(6)3-8-4;5-3-1-7-4(6)8-2-3;;;;/h2-3H,1H3;1-2H;1H4;1H3;1H;/q;;;-1;;+2/p-1. The fraction of sp³-hybridized carbons (Fsp3) is 0.182. The van der Waals surface area contributed by atoms with E-state index in [4.69, 9.17) is 34.8 Å². The van der Waals surface area contributed by atoms with Gasteiger partial charge in [0.25, 0.3) is 0 Å². The van der Waals surface area contributed by atoms with Gasteiger partial charge in [0.1, 0.15) is 5.82 Å². The zero-order valence-corrected chi connectivity index (χ0v) is 15.6. The maximum Gasteiger partial charge on any atom is 2.00 e. The van der Waals surface area contributed by atoms with Gasteiger partial charge in [0.05, 0.1) is 22.4 Å². The van der Waals surface area contributed by atoms with Crippen LogP contribution < -0.4 is 17.0 Å². The average Bonchev–Trinajstić information content (AvgIpc) is 2.28. The van der Waals surface area contributed by atoms with Crippen molar-refractivity contribution >= 4 is 57.9 Å². The summed E-state index contributed by atoms with van der Waals surface area (Å²) in [5.41, 5.74) is 0. The summed E-state index contributed by atoms with van der Waals surface area (Å²) in [6.45, 7) is 1.82. The summed E-state index contributed by atoms with van der Waals surface area (Å²) >= 11 is 16.2. The van der Waals surface area contributed by atoms with Crippen molar-refractivity contribution in [3.63, 3.8) is 0 Å². The zero-order chi connectivity index (χ0) is 12.0. The molecule has 0 aliphatic carbocycles. The third kappa shape index (κ3) is 13.3. The molecule has 0 radical (unpaired) electrons. The van der Waals surface area contributed by atoms with Crippen molar-refractivity contribution in [2.45, 2.75) is 14.4 Å². The summed E-state index contributed by atoms with van der Waals surface area (Å²) in [6.07, 6.45) is 6.03. The van der Waals surface area contributed by atoms with Crippen molar-refractivity contribution in [2.75, 3.05) is 0 Å². The van der Waals surface area contributed by atoms with Gasteiger partial charge in [-0.1, -0.05) is 30.6 Å². The van der Waals surface area contributed by atoms with Gasteiger partial charge in [0.15, 0.2) is 0 Å². The number of hydrogen-bond donors (Lipinski definition) is 0. The fourth-order valence-electron chi connectivity index (χ4n) is 0.673. The molecule has 0 aromatic carbocycles. The van der Waals surface area contributed by atoms with Gasteiger partial charge in [-0.05, 0) is 18.5 Å². The summed E-state index contributed by atoms with van der Waals surface area (Å²) in [5, 5.41) is 1.29. The molecule has 2 rings (SSSR count). The van der Waals surface area contributed by atoms with Crippen LogP contribution in [0.4, 0.5) is 0 Å². The second-order valence-electron chi connectivity index (χ2n) is 2.62. The van der Waals surface area contributed by atoms with Gasteiger partial charge in [0, 0.05) is 12.4 Å². The predicted molar refractivity (Wildman–Crippen MR) is 82.7 cm³/mol. The van der Waals surface area contributed by atoms with Gasteiger partial charge in [-0.25, -0.2) is 19.9 Å². The Morgan fingerprint density at radius 2 is 1.10 bits per heavy atom. The quantitative estimate of drug-likeness (QED) is 0.367. The van der Waals surface area contributed by atoms with E-state index >= 15 is 0 Å². The maximum atomic E-state index is 5.49. The molecule has 2 aromatic rings. The minimum atomic E-state index is 0. The Morgan fingerprint density at radius 1 is 0.800 bits per heavy atom. The van der Waals surface area contributed by atoms with E-state index in [0.29, 0.717) is 10.0 Å². The Labute approximate surface area is 161 Å². The molecule has 0 amide bonds. The molecule has 0 spiro atoms. The molecule has 0 bridgehead atoms. The molecule has 0 N–H and O–H groups in total. The van der Waals surface area contributed by atoms with E-state index in [2.05, 4.69) is 19.9 Å².